The zero-order valence-corrected chi connectivity index (χ0v) is 12.4. The van der Waals surface area contributed by atoms with Crippen LogP contribution in [0.25, 0.3) is 0 Å². The normalized spacial score (nSPS) is 25.6. The fraction of sp³-hybridized carbons (Fsp3) is 0.917. The quantitative estimate of drug-likeness (QED) is 0.695. The topological polar surface area (TPSA) is 29.5 Å². The van der Waals surface area contributed by atoms with E-state index in [-0.39, 0.29) is 23.0 Å². The fourth-order valence-corrected chi connectivity index (χ4v) is 2.34. The Labute approximate surface area is 107 Å². The molecular weight excluding hydrogens is 270 g/mol. The van der Waals surface area contributed by atoms with Crippen LogP contribution in [0.5, 0.6) is 0 Å². The summed E-state index contributed by atoms with van der Waals surface area (Å²) in [7, 11) is 0. The Morgan fingerprint density at radius 1 is 1.50 bits per heavy atom. The lowest BCUT2D eigenvalue weighted by atomic mass is 9.93. The van der Waals surface area contributed by atoms with Gasteiger partial charge >= 0.3 is 0 Å². The molecule has 16 heavy (non-hydrogen) atoms. The van der Waals surface area contributed by atoms with Gasteiger partial charge in [-0.25, -0.2) is 0 Å². The summed E-state index contributed by atoms with van der Waals surface area (Å²) >= 11 is 3.43. The maximum atomic E-state index is 12.2. The molecule has 1 fully saturated rings. The molecule has 3 nitrogen and oxygen atoms in total. The van der Waals surface area contributed by atoms with Gasteiger partial charge < -0.3 is 9.64 Å². The Bertz CT molecular complexity index is 271. The third-order valence-electron chi connectivity index (χ3n) is 2.58. The second-order valence-corrected chi connectivity index (χ2v) is 6.74. The van der Waals surface area contributed by atoms with Crippen molar-refractivity contribution in [2.75, 3.05) is 18.4 Å². The Kier molecular flexibility index (Phi) is 4.06. The predicted molar refractivity (Wildman–Crippen MR) is 68.8 cm³/mol. The molecule has 1 saturated heterocycles. The van der Waals surface area contributed by atoms with E-state index in [1.54, 1.807) is 0 Å². The zero-order valence-electron chi connectivity index (χ0n) is 10.8. The highest BCUT2D eigenvalue weighted by Crippen LogP contribution is 2.26. The first-order valence-corrected chi connectivity index (χ1v) is 6.81. The smallest absolute Gasteiger partial charge is 0.228 e. The van der Waals surface area contributed by atoms with Crippen molar-refractivity contribution in [1.82, 2.24) is 4.90 Å². The van der Waals surface area contributed by atoms with Gasteiger partial charge in [0.05, 0.1) is 11.7 Å². The summed E-state index contributed by atoms with van der Waals surface area (Å²) in [6, 6.07) is 0. The molecule has 0 aromatic carbocycles. The van der Waals surface area contributed by atoms with E-state index in [1.807, 2.05) is 39.5 Å². The largest absolute Gasteiger partial charge is 0.368 e. The SMILES string of the molecule is CC1(C)CN(C(=O)C(C)(C)C)CC(CBr)O1. The molecule has 1 amide bonds. The molecule has 0 N–H and O–H groups in total. The average molecular weight is 292 g/mol. The maximum absolute atomic E-state index is 12.2. The van der Waals surface area contributed by atoms with Crippen molar-refractivity contribution in [2.24, 2.45) is 5.41 Å². The first-order valence-electron chi connectivity index (χ1n) is 5.69. The Morgan fingerprint density at radius 3 is 2.50 bits per heavy atom. The van der Waals surface area contributed by atoms with E-state index in [4.69, 9.17) is 4.74 Å². The van der Waals surface area contributed by atoms with E-state index in [2.05, 4.69) is 15.9 Å². The summed E-state index contributed by atoms with van der Waals surface area (Å²) in [4.78, 5) is 14.1. The zero-order chi connectivity index (χ0) is 12.6. The van der Waals surface area contributed by atoms with Crippen molar-refractivity contribution < 1.29 is 9.53 Å². The summed E-state index contributed by atoms with van der Waals surface area (Å²) in [6.07, 6.45) is 0.0926. The molecule has 0 radical (unpaired) electrons. The first kappa shape index (κ1) is 14.0. The summed E-state index contributed by atoms with van der Waals surface area (Å²) in [5.74, 6) is 0.204. The first-order chi connectivity index (χ1) is 7.15. The molecule has 1 atom stereocenters. The van der Waals surface area contributed by atoms with Gasteiger partial charge in [-0.05, 0) is 13.8 Å². The second kappa shape index (κ2) is 4.65. The molecule has 0 spiro atoms. The van der Waals surface area contributed by atoms with Gasteiger partial charge in [-0.3, -0.25) is 4.79 Å². The second-order valence-electron chi connectivity index (χ2n) is 6.09. The number of halogens is 1. The van der Waals surface area contributed by atoms with Crippen molar-refractivity contribution in [1.29, 1.82) is 0 Å². The molecule has 1 aliphatic heterocycles. The number of hydrogen-bond donors (Lipinski definition) is 0. The Morgan fingerprint density at radius 2 is 2.06 bits per heavy atom. The van der Waals surface area contributed by atoms with Crippen molar-refractivity contribution in [3.05, 3.63) is 0 Å². The van der Waals surface area contributed by atoms with Gasteiger partial charge in [0.25, 0.3) is 0 Å². The molecule has 4 heteroatoms. The number of carbonyl (C=O) groups excluding carboxylic acids is 1. The molecule has 0 aliphatic carbocycles. The molecule has 0 bridgehead atoms. The molecule has 1 heterocycles. The number of carbonyl (C=O) groups is 1. The van der Waals surface area contributed by atoms with Crippen LogP contribution in [-0.2, 0) is 9.53 Å². The molecule has 0 aromatic rings. The minimum Gasteiger partial charge on any atom is -0.368 e. The van der Waals surface area contributed by atoms with Crippen molar-refractivity contribution in [3.63, 3.8) is 0 Å². The van der Waals surface area contributed by atoms with Crippen LogP contribution in [0.4, 0.5) is 0 Å². The Balaban J connectivity index is 2.78. The highest BCUT2D eigenvalue weighted by Gasteiger charge is 2.38. The van der Waals surface area contributed by atoms with Crippen molar-refractivity contribution in [2.45, 2.75) is 46.3 Å². The molecule has 0 saturated carbocycles. The number of alkyl halides is 1. The van der Waals surface area contributed by atoms with Gasteiger partial charge in [-0.1, -0.05) is 36.7 Å². The fourth-order valence-electron chi connectivity index (χ4n) is 2.01. The Hall–Kier alpha value is -0.0900. The molecule has 94 valence electrons. The molecule has 1 rings (SSSR count). The third-order valence-corrected chi connectivity index (χ3v) is 3.30. The van der Waals surface area contributed by atoms with Crippen LogP contribution < -0.4 is 0 Å². The standard InChI is InChI=1S/C12H22BrNO2/c1-11(2,3)10(15)14-7-9(6-13)16-12(4,5)8-14/h9H,6-8H2,1-5H3. The highest BCUT2D eigenvalue weighted by atomic mass is 79.9. The van der Waals surface area contributed by atoms with Crippen molar-refractivity contribution in [3.8, 4) is 0 Å². The van der Waals surface area contributed by atoms with Crippen LogP contribution >= 0.6 is 15.9 Å². The molecule has 1 aliphatic rings. The highest BCUT2D eigenvalue weighted by molar-refractivity contribution is 9.09. The van der Waals surface area contributed by atoms with E-state index in [0.717, 1.165) is 5.33 Å². The summed E-state index contributed by atoms with van der Waals surface area (Å²) in [6.45, 7) is 11.3. The van der Waals surface area contributed by atoms with Gasteiger partial charge in [0.2, 0.25) is 5.91 Å². The lowest BCUT2D eigenvalue weighted by Gasteiger charge is -2.44. The van der Waals surface area contributed by atoms with Gasteiger partial charge in [0.15, 0.2) is 0 Å². The van der Waals surface area contributed by atoms with E-state index >= 15 is 0 Å². The van der Waals surface area contributed by atoms with E-state index < -0.39 is 0 Å². The summed E-state index contributed by atoms with van der Waals surface area (Å²) in [5, 5.41) is 0.768. The monoisotopic (exact) mass is 291 g/mol. The van der Waals surface area contributed by atoms with Gasteiger partial charge in [0, 0.05) is 23.8 Å². The van der Waals surface area contributed by atoms with Crippen LogP contribution in [0, 0.1) is 5.41 Å². The summed E-state index contributed by atoms with van der Waals surface area (Å²) < 4.78 is 5.88. The van der Waals surface area contributed by atoms with Gasteiger partial charge in [0.1, 0.15) is 0 Å². The lowest BCUT2D eigenvalue weighted by Crippen LogP contribution is -2.57. The molecule has 1 unspecified atom stereocenters. The lowest BCUT2D eigenvalue weighted by molar-refractivity contribution is -0.163. The number of nitrogens with zero attached hydrogens (tertiary/aromatic N) is 1. The van der Waals surface area contributed by atoms with Crippen LogP contribution in [0.3, 0.4) is 0 Å². The predicted octanol–water partition coefficient (Wildman–Crippen LogP) is 2.43. The number of ether oxygens (including phenoxy) is 1. The molecular formula is C12H22BrNO2. The number of amides is 1. The molecule has 0 aromatic heterocycles. The number of hydrogen-bond acceptors (Lipinski definition) is 2. The van der Waals surface area contributed by atoms with E-state index in [1.165, 1.54) is 0 Å². The van der Waals surface area contributed by atoms with Crippen LogP contribution in [0.1, 0.15) is 34.6 Å². The van der Waals surface area contributed by atoms with E-state index in [9.17, 15) is 4.79 Å². The summed E-state index contributed by atoms with van der Waals surface area (Å²) in [5.41, 5.74) is -0.568. The van der Waals surface area contributed by atoms with Gasteiger partial charge in [-0.15, -0.1) is 0 Å². The van der Waals surface area contributed by atoms with E-state index in [0.29, 0.717) is 13.1 Å². The maximum Gasteiger partial charge on any atom is 0.228 e. The minimum absolute atomic E-state index is 0.0926. The van der Waals surface area contributed by atoms with Crippen molar-refractivity contribution >= 4 is 21.8 Å². The number of rotatable bonds is 1. The van der Waals surface area contributed by atoms with Gasteiger partial charge in [-0.2, -0.15) is 0 Å². The minimum atomic E-state index is -0.315. The van der Waals surface area contributed by atoms with Crippen LogP contribution in [0.2, 0.25) is 0 Å². The number of morpholine rings is 1. The average Bonchev–Trinajstić information content (AvgIpc) is 2.12. The van der Waals surface area contributed by atoms with Crippen LogP contribution in [0.15, 0.2) is 0 Å². The third kappa shape index (κ3) is 3.45. The van der Waals surface area contributed by atoms with Crippen LogP contribution in [-0.4, -0.2) is 40.9 Å².